The Hall–Kier alpha value is -3.46. The number of pyridine rings is 1. The van der Waals surface area contributed by atoms with E-state index in [0.717, 1.165) is 21.3 Å². The van der Waals surface area contributed by atoms with Crippen LogP contribution in [0.4, 0.5) is 13.2 Å². The lowest BCUT2D eigenvalue weighted by Gasteiger charge is -2.20. The fraction of sp³-hybridized carbons (Fsp3) is 0.280. The molecule has 190 valence electrons. The molecule has 1 unspecified atom stereocenters. The minimum absolute atomic E-state index is 0.144. The summed E-state index contributed by atoms with van der Waals surface area (Å²) in [4.78, 5) is 12.8. The lowest BCUT2D eigenvalue weighted by atomic mass is 10.0. The summed E-state index contributed by atoms with van der Waals surface area (Å²) in [5.74, 6) is 0. The number of alkyl halides is 3. The summed E-state index contributed by atoms with van der Waals surface area (Å²) in [6.45, 7) is 3.85. The van der Waals surface area contributed by atoms with Gasteiger partial charge in [0.2, 0.25) is 0 Å². The van der Waals surface area contributed by atoms with Crippen molar-refractivity contribution in [3.05, 3.63) is 86.7 Å². The quantitative estimate of drug-likeness (QED) is 0.470. The number of benzene rings is 2. The van der Waals surface area contributed by atoms with Crippen molar-refractivity contribution in [1.82, 2.24) is 4.57 Å². The normalized spacial score (nSPS) is 12.8. The van der Waals surface area contributed by atoms with Crippen LogP contribution in [0.15, 0.2) is 58.2 Å². The Bertz CT molecular complexity index is 1470. The summed E-state index contributed by atoms with van der Waals surface area (Å²) in [6, 6.07) is 12.7. The van der Waals surface area contributed by atoms with E-state index in [1.165, 1.54) is 18.2 Å². The summed E-state index contributed by atoms with van der Waals surface area (Å²) in [5, 5.41) is 19.8. The Balaban J connectivity index is 2.02. The number of aliphatic hydroxyl groups excluding tert-OH is 1. The lowest BCUT2D eigenvalue weighted by Crippen LogP contribution is -2.34. The van der Waals surface area contributed by atoms with Crippen LogP contribution in [0.1, 0.15) is 27.8 Å². The summed E-state index contributed by atoms with van der Waals surface area (Å²) >= 11 is 0. The molecule has 0 aliphatic carbocycles. The van der Waals surface area contributed by atoms with E-state index in [-0.39, 0.29) is 16.2 Å². The first-order chi connectivity index (χ1) is 16.7. The van der Waals surface area contributed by atoms with Crippen molar-refractivity contribution in [3.8, 4) is 17.3 Å². The number of aryl methyl sites for hydroxylation is 3. The van der Waals surface area contributed by atoms with Crippen molar-refractivity contribution in [2.24, 2.45) is 0 Å². The molecule has 0 saturated carbocycles. The van der Waals surface area contributed by atoms with Crippen molar-refractivity contribution in [2.45, 2.75) is 44.5 Å². The number of aromatic nitrogens is 1. The van der Waals surface area contributed by atoms with Gasteiger partial charge in [0.1, 0.15) is 11.6 Å². The van der Waals surface area contributed by atoms with Crippen molar-refractivity contribution in [2.75, 3.05) is 6.61 Å². The topological polar surface area (TPSA) is 109 Å². The van der Waals surface area contributed by atoms with Gasteiger partial charge in [0.25, 0.3) is 15.7 Å². The van der Waals surface area contributed by atoms with Crippen LogP contribution in [-0.4, -0.2) is 30.8 Å². The second kappa shape index (κ2) is 10.3. The minimum atomic E-state index is -4.97. The number of nitriles is 1. The second-order valence-electron chi connectivity index (χ2n) is 8.43. The Morgan fingerprint density at radius 2 is 1.61 bits per heavy atom. The SMILES string of the molecule is Cc1ccc(S(=O)(=O)OCC(O)Cn2c(-c3cc(C)cc(C)c3)cc(C(F)(F)F)c(C#N)c2=O)cc1. The molecule has 1 atom stereocenters. The van der Waals surface area contributed by atoms with Crippen LogP contribution in [0.5, 0.6) is 0 Å². The number of nitrogens with zero attached hydrogens (tertiary/aromatic N) is 2. The molecule has 0 spiro atoms. The molecular formula is C25H23F3N2O5S. The highest BCUT2D eigenvalue weighted by molar-refractivity contribution is 7.86. The molecule has 0 amide bonds. The van der Waals surface area contributed by atoms with Gasteiger partial charge in [-0.15, -0.1) is 0 Å². The van der Waals surface area contributed by atoms with Crippen LogP contribution in [0.2, 0.25) is 0 Å². The largest absolute Gasteiger partial charge is 0.417 e. The lowest BCUT2D eigenvalue weighted by molar-refractivity contribution is -0.137. The molecule has 0 saturated heterocycles. The molecule has 7 nitrogen and oxygen atoms in total. The summed E-state index contributed by atoms with van der Waals surface area (Å²) in [6.07, 6.45) is -6.57. The molecule has 2 aromatic carbocycles. The van der Waals surface area contributed by atoms with Crippen LogP contribution >= 0.6 is 0 Å². The Labute approximate surface area is 206 Å². The van der Waals surface area contributed by atoms with Crippen molar-refractivity contribution < 1.29 is 30.9 Å². The maximum Gasteiger partial charge on any atom is 0.417 e. The fourth-order valence-corrected chi connectivity index (χ4v) is 4.67. The first-order valence-corrected chi connectivity index (χ1v) is 12.1. The van der Waals surface area contributed by atoms with Crippen LogP contribution < -0.4 is 5.56 Å². The van der Waals surface area contributed by atoms with Crippen LogP contribution in [0, 0.1) is 32.1 Å². The third-order valence-corrected chi connectivity index (χ3v) is 6.65. The second-order valence-corrected chi connectivity index (χ2v) is 10.0. The van der Waals surface area contributed by atoms with Gasteiger partial charge in [-0.05, 0) is 56.7 Å². The number of hydrogen-bond donors (Lipinski definition) is 1. The molecule has 0 aliphatic heterocycles. The van der Waals surface area contributed by atoms with Gasteiger partial charge in [0, 0.05) is 0 Å². The number of hydrogen-bond acceptors (Lipinski definition) is 6. The molecule has 0 aliphatic rings. The zero-order valence-corrected chi connectivity index (χ0v) is 20.4. The summed E-state index contributed by atoms with van der Waals surface area (Å²) in [5.41, 5.74) is -1.45. The predicted octanol–water partition coefficient (Wildman–Crippen LogP) is 4.10. The van der Waals surface area contributed by atoms with Gasteiger partial charge >= 0.3 is 6.18 Å². The van der Waals surface area contributed by atoms with Crippen molar-refractivity contribution in [1.29, 1.82) is 5.26 Å². The van der Waals surface area contributed by atoms with Gasteiger partial charge in [-0.25, -0.2) is 0 Å². The monoisotopic (exact) mass is 520 g/mol. The number of aliphatic hydroxyl groups is 1. The number of rotatable bonds is 7. The van der Waals surface area contributed by atoms with Crippen LogP contribution in [0.3, 0.4) is 0 Å². The van der Waals surface area contributed by atoms with E-state index in [1.54, 1.807) is 51.1 Å². The first-order valence-electron chi connectivity index (χ1n) is 10.7. The molecule has 3 aromatic rings. The molecule has 1 N–H and O–H groups in total. The molecule has 0 bridgehead atoms. The Morgan fingerprint density at radius 1 is 1.03 bits per heavy atom. The van der Waals surface area contributed by atoms with E-state index in [2.05, 4.69) is 0 Å². The smallest absolute Gasteiger partial charge is 0.389 e. The van der Waals surface area contributed by atoms with E-state index < -0.39 is 52.2 Å². The van der Waals surface area contributed by atoms with Gasteiger partial charge in [-0.3, -0.25) is 8.98 Å². The van der Waals surface area contributed by atoms with E-state index in [4.69, 9.17) is 4.18 Å². The van der Waals surface area contributed by atoms with Gasteiger partial charge in [0.15, 0.2) is 0 Å². The molecule has 1 aromatic heterocycles. The first kappa shape index (κ1) is 27.1. The highest BCUT2D eigenvalue weighted by Gasteiger charge is 2.37. The Morgan fingerprint density at radius 3 is 2.14 bits per heavy atom. The molecule has 1 heterocycles. The van der Waals surface area contributed by atoms with Crippen molar-refractivity contribution in [3.63, 3.8) is 0 Å². The van der Waals surface area contributed by atoms with Gasteiger partial charge in [-0.2, -0.15) is 26.9 Å². The average molecular weight is 521 g/mol. The summed E-state index contributed by atoms with van der Waals surface area (Å²) in [7, 11) is -4.24. The standard InChI is InChI=1S/C25H23F3N2O5S/c1-15-4-6-20(7-5-15)36(33,34)35-14-19(31)13-30-23(18-9-16(2)8-17(3)10-18)11-22(25(26,27)28)21(12-29)24(30)32/h4-11,19,31H,13-14H2,1-3H3. The molecule has 11 heteroatoms. The molecule has 3 rings (SSSR count). The third kappa shape index (κ3) is 6.02. The number of halogens is 3. The molecular weight excluding hydrogens is 497 g/mol. The highest BCUT2D eigenvalue weighted by atomic mass is 32.2. The maximum absolute atomic E-state index is 13.7. The zero-order chi connectivity index (χ0) is 26.8. The minimum Gasteiger partial charge on any atom is -0.389 e. The highest BCUT2D eigenvalue weighted by Crippen LogP contribution is 2.34. The molecule has 0 fully saturated rings. The van der Waals surface area contributed by atoms with Crippen LogP contribution in [-0.2, 0) is 27.0 Å². The van der Waals surface area contributed by atoms with Gasteiger partial charge < -0.3 is 9.67 Å². The predicted molar refractivity (Wildman–Crippen MR) is 126 cm³/mol. The molecule has 0 radical (unpaired) electrons. The fourth-order valence-electron chi connectivity index (χ4n) is 3.73. The molecule has 36 heavy (non-hydrogen) atoms. The van der Waals surface area contributed by atoms with E-state index in [1.807, 2.05) is 0 Å². The van der Waals surface area contributed by atoms with Gasteiger partial charge in [0.05, 0.1) is 35.4 Å². The summed E-state index contributed by atoms with van der Waals surface area (Å²) < 4.78 is 71.6. The average Bonchev–Trinajstić information content (AvgIpc) is 2.77. The van der Waals surface area contributed by atoms with Gasteiger partial charge in [-0.1, -0.05) is 34.9 Å². The van der Waals surface area contributed by atoms with Crippen LogP contribution in [0.25, 0.3) is 11.3 Å². The van der Waals surface area contributed by atoms with E-state index in [0.29, 0.717) is 6.07 Å². The van der Waals surface area contributed by atoms with Crippen molar-refractivity contribution >= 4 is 10.1 Å². The van der Waals surface area contributed by atoms with E-state index in [9.17, 15) is 36.8 Å². The van der Waals surface area contributed by atoms with E-state index >= 15 is 0 Å². The maximum atomic E-state index is 13.7. The Kier molecular flexibility index (Phi) is 7.73. The zero-order valence-electron chi connectivity index (χ0n) is 19.6. The third-order valence-electron chi connectivity index (χ3n) is 5.35.